The van der Waals surface area contributed by atoms with Gasteiger partial charge in [0.15, 0.2) is 0 Å². The quantitative estimate of drug-likeness (QED) is 0.0767. The maximum atomic E-state index is 14.9. The number of aromatic nitrogens is 3. The van der Waals surface area contributed by atoms with Crippen LogP contribution in [0.4, 0.5) is 0 Å². The molecular formula is C54H70Cl2N8O8. The molecule has 1 saturated heterocycles. The van der Waals surface area contributed by atoms with Crippen LogP contribution in [0.5, 0.6) is 11.5 Å². The number of piperidine rings is 1. The van der Waals surface area contributed by atoms with Gasteiger partial charge in [-0.2, -0.15) is 0 Å². The molecule has 4 heterocycles. The molecule has 2 aromatic carbocycles. The highest BCUT2D eigenvalue weighted by molar-refractivity contribution is 6.31. The summed E-state index contributed by atoms with van der Waals surface area (Å²) in [7, 11) is 9.13. The third kappa shape index (κ3) is 14.9. The molecule has 16 nitrogen and oxygen atoms in total. The van der Waals surface area contributed by atoms with Crippen LogP contribution in [0.15, 0.2) is 91.4 Å². The number of nitrogens with zero attached hydrogens (tertiary/aromatic N) is 7. The van der Waals surface area contributed by atoms with Crippen LogP contribution in [0, 0.1) is 11.8 Å². The average Bonchev–Trinajstić information content (AvgIpc) is 3.69. The number of carbonyl (C=O) groups is 4. The van der Waals surface area contributed by atoms with Gasteiger partial charge in [-0.1, -0.05) is 60.5 Å². The van der Waals surface area contributed by atoms with Gasteiger partial charge in [-0.15, -0.1) is 0 Å². The summed E-state index contributed by atoms with van der Waals surface area (Å²) in [5, 5.41) is 15.7. The molecule has 2 N–H and O–H groups in total. The number of likely N-dealkylation sites (tertiary alicyclic amines) is 1. The van der Waals surface area contributed by atoms with Gasteiger partial charge in [0.05, 0.1) is 60.9 Å². The number of halogens is 2. The number of hydrogen-bond donors (Lipinski definition) is 2. The molecule has 388 valence electrons. The molecule has 0 aliphatic carbocycles. The Kier molecular flexibility index (Phi) is 19.1. The number of pyridine rings is 1. The minimum Gasteiger partial charge on any atom is -0.460 e. The Bertz CT molecular complexity index is 2560. The lowest BCUT2D eigenvalue weighted by Gasteiger charge is -2.50. The molecule has 72 heavy (non-hydrogen) atoms. The van der Waals surface area contributed by atoms with E-state index in [1.165, 1.54) is 13.3 Å². The van der Waals surface area contributed by atoms with Crippen molar-refractivity contribution in [2.24, 2.45) is 18.9 Å². The van der Waals surface area contributed by atoms with Gasteiger partial charge in [-0.05, 0) is 127 Å². The van der Waals surface area contributed by atoms with E-state index in [9.17, 15) is 24.4 Å². The monoisotopic (exact) mass is 1030 g/mol. The van der Waals surface area contributed by atoms with E-state index < -0.39 is 41.0 Å². The minimum atomic E-state index is -1.06. The molecule has 5 atom stereocenters. The van der Waals surface area contributed by atoms with Crippen molar-refractivity contribution in [1.82, 2.24) is 39.6 Å². The fourth-order valence-electron chi connectivity index (χ4n) is 9.23. The number of likely N-dealkylation sites (N-methyl/N-ethyl adjacent to an activating group) is 1. The number of amides is 3. The Morgan fingerprint density at radius 1 is 0.986 bits per heavy atom. The Labute approximate surface area is 433 Å². The fraction of sp³-hybridized carbons (Fsp3) is 0.481. The van der Waals surface area contributed by atoms with Crippen molar-refractivity contribution in [3.63, 3.8) is 0 Å². The zero-order chi connectivity index (χ0) is 52.3. The fourth-order valence-corrected chi connectivity index (χ4v) is 9.52. The lowest BCUT2D eigenvalue weighted by molar-refractivity contribution is -0.160. The summed E-state index contributed by atoms with van der Waals surface area (Å²) in [4.78, 5) is 71.6. The van der Waals surface area contributed by atoms with Crippen molar-refractivity contribution in [2.45, 2.75) is 102 Å². The summed E-state index contributed by atoms with van der Waals surface area (Å²) in [5.41, 5.74) is 1.65. The topological polar surface area (TPSA) is 172 Å². The smallest absolute Gasteiger partial charge is 0.307 e. The molecule has 6 rings (SSSR count). The Balaban J connectivity index is 1.16. The summed E-state index contributed by atoms with van der Waals surface area (Å²) in [6.45, 7) is 8.25. The molecule has 0 saturated carbocycles. The number of benzene rings is 2. The normalized spacial score (nSPS) is 18.2. The molecule has 18 heteroatoms. The van der Waals surface area contributed by atoms with Crippen LogP contribution in [0.3, 0.4) is 0 Å². The first kappa shape index (κ1) is 55.5. The number of ether oxygens (including phenoxy) is 3. The largest absolute Gasteiger partial charge is 0.460 e. The van der Waals surface area contributed by atoms with E-state index in [1.54, 1.807) is 86.3 Å². The minimum absolute atomic E-state index is 0.0971. The molecule has 2 aliphatic rings. The lowest BCUT2D eigenvalue weighted by atomic mass is 9.80. The van der Waals surface area contributed by atoms with Crippen LogP contribution in [0.1, 0.15) is 76.8 Å². The van der Waals surface area contributed by atoms with E-state index in [0.29, 0.717) is 66.7 Å². The van der Waals surface area contributed by atoms with Crippen molar-refractivity contribution >= 4 is 46.9 Å². The van der Waals surface area contributed by atoms with Gasteiger partial charge < -0.3 is 38.8 Å². The van der Waals surface area contributed by atoms with Gasteiger partial charge in [0, 0.05) is 56.5 Å². The zero-order valence-electron chi connectivity index (χ0n) is 42.9. The maximum absolute atomic E-state index is 14.9. The van der Waals surface area contributed by atoms with E-state index in [1.807, 2.05) is 69.2 Å². The van der Waals surface area contributed by atoms with Crippen LogP contribution in [-0.2, 0) is 55.1 Å². The number of aryl methyl sites for hydroxylation is 1. The molecule has 0 bridgehead atoms. The zero-order valence-corrected chi connectivity index (χ0v) is 44.5. The number of nitrogens with one attached hydrogen (secondary N) is 1. The van der Waals surface area contributed by atoms with Crippen LogP contribution in [-0.4, -0.2) is 134 Å². The highest BCUT2D eigenvalue weighted by atomic mass is 35.5. The predicted octanol–water partition coefficient (Wildman–Crippen LogP) is 8.29. The van der Waals surface area contributed by atoms with Gasteiger partial charge in [-0.3, -0.25) is 34.4 Å². The average molecular weight is 1030 g/mol. The molecule has 3 amide bonds. The molecule has 0 radical (unpaired) electrons. The molecule has 2 aromatic heterocycles. The second-order valence-corrected chi connectivity index (χ2v) is 21.1. The number of methoxy groups -OCH3 is 1. The number of allylic oxidation sites excluding steroid dienone is 2. The third-order valence-electron chi connectivity index (χ3n) is 13.1. The van der Waals surface area contributed by atoms with Crippen LogP contribution in [0.25, 0.3) is 11.4 Å². The van der Waals surface area contributed by atoms with Gasteiger partial charge >= 0.3 is 5.97 Å². The second kappa shape index (κ2) is 24.8. The van der Waals surface area contributed by atoms with Crippen LogP contribution < -0.4 is 10.1 Å². The van der Waals surface area contributed by atoms with Gasteiger partial charge in [0.1, 0.15) is 29.0 Å². The first-order chi connectivity index (χ1) is 34.1. The lowest BCUT2D eigenvalue weighted by Crippen LogP contribution is -2.65. The summed E-state index contributed by atoms with van der Waals surface area (Å²) < 4.78 is 19.6. The van der Waals surface area contributed by atoms with Crippen molar-refractivity contribution in [3.8, 4) is 22.9 Å². The van der Waals surface area contributed by atoms with Gasteiger partial charge in [0.2, 0.25) is 17.7 Å². The number of rotatable bonds is 21. The van der Waals surface area contributed by atoms with Crippen molar-refractivity contribution in [1.29, 1.82) is 0 Å². The molecule has 0 spiro atoms. The van der Waals surface area contributed by atoms with E-state index in [2.05, 4.69) is 20.2 Å². The number of carbonyl (C=O) groups excluding carboxylic acids is 4. The van der Waals surface area contributed by atoms with Gasteiger partial charge in [0.25, 0.3) is 0 Å². The van der Waals surface area contributed by atoms with E-state index in [-0.39, 0.29) is 43.7 Å². The Hall–Kier alpha value is -5.78. The molecule has 4 aromatic rings. The Morgan fingerprint density at radius 3 is 2.39 bits per heavy atom. The van der Waals surface area contributed by atoms with Crippen LogP contribution >= 0.6 is 23.2 Å². The summed E-state index contributed by atoms with van der Waals surface area (Å²) in [5.74, 6) is -0.927. The number of hydrogen-bond acceptors (Lipinski definition) is 12. The molecule has 2 aliphatic heterocycles. The van der Waals surface area contributed by atoms with E-state index in [4.69, 9.17) is 37.4 Å². The second-order valence-electron chi connectivity index (χ2n) is 20.2. The SMILES string of the molecule is COC[C@H](NC(=O)[C@H](C)CCc1ccc(Cl)cc1Oc1ccc(-c2cnc(CN(C)C)n2C)nc1)C(=O)N(C)[C@@]1(Cc2ccc(Cl)cc2)CCCN(C(=O)[C@@H](CC(=O)OC(C)(C)C)CC2C=CC=CN2O)C1. The number of hydroxylamine groups is 2. The number of imidazole rings is 1. The summed E-state index contributed by atoms with van der Waals surface area (Å²) in [6.07, 6.45) is 12.5. The molecular weight excluding hydrogens is 960 g/mol. The standard InChI is InChI=1S/C54H70Cl2N8O8/c1-36(14-17-38-18-21-41(56)29-47(38)71-43-22-23-44(57-31-43)46-32-58-48(61(46)7)33-60(5)6)50(66)59-45(34-70-9)52(68)62(8)54(30-37-15-19-40(55)20-16-37)24-12-25-63(35-54)51(67)39(28-49(65)72-53(2,3)4)27-42-13-10-11-26-64(42)69/h10-11,13,15-16,18-23,26,29,31-32,36,39,42,45,69H,12,14,17,24-25,27-28,30,33-35H2,1-9H3,(H,59,66)/t36-,39-,42?,45+,54-/m1/s1. The van der Waals surface area contributed by atoms with Gasteiger partial charge in [-0.25, -0.2) is 4.98 Å². The van der Waals surface area contributed by atoms with Crippen molar-refractivity contribution in [3.05, 3.63) is 118 Å². The van der Waals surface area contributed by atoms with Crippen LogP contribution in [0.2, 0.25) is 10.0 Å². The third-order valence-corrected chi connectivity index (χ3v) is 13.6. The summed E-state index contributed by atoms with van der Waals surface area (Å²) >= 11 is 12.8. The van der Waals surface area contributed by atoms with E-state index in [0.717, 1.165) is 33.4 Å². The van der Waals surface area contributed by atoms with Crippen molar-refractivity contribution < 1.29 is 38.6 Å². The predicted molar refractivity (Wildman–Crippen MR) is 277 cm³/mol. The Morgan fingerprint density at radius 2 is 1.72 bits per heavy atom. The summed E-state index contributed by atoms with van der Waals surface area (Å²) in [6, 6.07) is 14.9. The van der Waals surface area contributed by atoms with Crippen molar-refractivity contribution in [2.75, 3.05) is 47.9 Å². The highest BCUT2D eigenvalue weighted by Gasteiger charge is 2.46. The maximum Gasteiger partial charge on any atom is 0.307 e. The number of esters is 1. The first-order valence-electron chi connectivity index (χ1n) is 24.4. The highest BCUT2D eigenvalue weighted by Crippen LogP contribution is 2.35. The van der Waals surface area contributed by atoms with E-state index >= 15 is 0 Å². The molecule has 1 unspecified atom stereocenters. The first-order valence-corrected chi connectivity index (χ1v) is 25.1. The molecule has 1 fully saturated rings.